The predicted molar refractivity (Wildman–Crippen MR) is 103 cm³/mol. The first-order chi connectivity index (χ1) is 12.8. The number of benzene rings is 1. The van der Waals surface area contributed by atoms with Gasteiger partial charge in [-0.3, -0.25) is 4.90 Å². The number of halogens is 4. The summed E-state index contributed by atoms with van der Waals surface area (Å²) in [5, 5.41) is 10.4. The molecule has 1 N–H and O–H groups in total. The maximum absolute atomic E-state index is 13.1. The van der Waals surface area contributed by atoms with Crippen molar-refractivity contribution < 1.29 is 27.8 Å². The number of piperazine rings is 1. The maximum Gasteiger partial charge on any atom is 0.417 e. The number of aliphatic hydroxyl groups excluding tert-OH is 1. The molecular formula is C19H26BrF3N2O3. The standard InChI is InChI=1S/C19H26BrF3N2O3/c1-12-10-24(7-8-25(12)17(27)28-18(2,3)4)11-16(26)13-5-6-15(20)14(9-13)19(21,22)23/h5-6,9,12,16,26H,7-8,10-11H2,1-4H3/t12-,16?/m1/s1. The van der Waals surface area contributed by atoms with Crippen molar-refractivity contribution in [3.63, 3.8) is 0 Å². The average molecular weight is 467 g/mol. The lowest BCUT2D eigenvalue weighted by atomic mass is 10.0. The highest BCUT2D eigenvalue weighted by atomic mass is 79.9. The van der Waals surface area contributed by atoms with Gasteiger partial charge < -0.3 is 14.7 Å². The number of β-amino-alcohol motifs (C(OH)–C–C–N with tert-alkyl or cyclic N) is 1. The zero-order chi connectivity index (χ0) is 21.3. The number of alkyl halides is 3. The van der Waals surface area contributed by atoms with E-state index >= 15 is 0 Å². The summed E-state index contributed by atoms with van der Waals surface area (Å²) in [6.07, 6.45) is -5.94. The first kappa shape index (κ1) is 23.0. The van der Waals surface area contributed by atoms with Gasteiger partial charge in [-0.25, -0.2) is 4.79 Å². The Bertz CT molecular complexity index is 707. The Morgan fingerprint density at radius 2 is 1.96 bits per heavy atom. The van der Waals surface area contributed by atoms with Crippen molar-refractivity contribution in [2.75, 3.05) is 26.2 Å². The molecule has 1 unspecified atom stereocenters. The van der Waals surface area contributed by atoms with Crippen molar-refractivity contribution in [1.29, 1.82) is 0 Å². The highest BCUT2D eigenvalue weighted by Gasteiger charge is 2.34. The molecule has 28 heavy (non-hydrogen) atoms. The molecule has 158 valence electrons. The van der Waals surface area contributed by atoms with Crippen LogP contribution < -0.4 is 0 Å². The highest BCUT2D eigenvalue weighted by molar-refractivity contribution is 9.10. The zero-order valence-electron chi connectivity index (χ0n) is 16.4. The van der Waals surface area contributed by atoms with Gasteiger partial charge in [-0.05, 0) is 45.4 Å². The van der Waals surface area contributed by atoms with Crippen molar-refractivity contribution in [3.8, 4) is 0 Å². The Morgan fingerprint density at radius 1 is 1.32 bits per heavy atom. The molecule has 1 aromatic carbocycles. The van der Waals surface area contributed by atoms with Crippen LogP contribution in [0.4, 0.5) is 18.0 Å². The quantitative estimate of drug-likeness (QED) is 0.715. The summed E-state index contributed by atoms with van der Waals surface area (Å²) >= 11 is 2.90. The predicted octanol–water partition coefficient (Wildman–Crippen LogP) is 4.44. The minimum absolute atomic E-state index is 0.0597. The molecule has 2 atom stereocenters. The van der Waals surface area contributed by atoms with Crippen LogP contribution in [0.1, 0.15) is 44.9 Å². The van der Waals surface area contributed by atoms with Gasteiger partial charge in [-0.15, -0.1) is 0 Å². The van der Waals surface area contributed by atoms with Crippen molar-refractivity contribution >= 4 is 22.0 Å². The van der Waals surface area contributed by atoms with Crippen molar-refractivity contribution in [2.45, 2.75) is 51.6 Å². The minimum Gasteiger partial charge on any atom is -0.444 e. The summed E-state index contributed by atoms with van der Waals surface area (Å²) in [7, 11) is 0. The summed E-state index contributed by atoms with van der Waals surface area (Å²) in [6, 6.07) is 3.61. The van der Waals surface area contributed by atoms with E-state index in [1.165, 1.54) is 12.1 Å². The molecule has 0 spiro atoms. The second kappa shape index (κ2) is 8.59. The first-order valence-corrected chi connectivity index (χ1v) is 9.84. The number of aliphatic hydroxyl groups is 1. The lowest BCUT2D eigenvalue weighted by Gasteiger charge is -2.40. The molecule has 1 saturated heterocycles. The molecule has 1 fully saturated rings. The van der Waals surface area contributed by atoms with Crippen LogP contribution in [0.5, 0.6) is 0 Å². The van der Waals surface area contributed by atoms with Crippen LogP contribution in [0.25, 0.3) is 0 Å². The number of rotatable bonds is 3. The number of hydrogen-bond donors (Lipinski definition) is 1. The summed E-state index contributed by atoms with van der Waals surface area (Å²) in [5.74, 6) is 0. The van der Waals surface area contributed by atoms with E-state index in [0.717, 1.165) is 6.07 Å². The average Bonchev–Trinajstić information content (AvgIpc) is 2.52. The van der Waals surface area contributed by atoms with Gasteiger partial charge in [0.25, 0.3) is 0 Å². The van der Waals surface area contributed by atoms with E-state index in [1.54, 1.807) is 25.7 Å². The third-order valence-electron chi connectivity index (χ3n) is 4.45. The Balaban J connectivity index is 2.00. The Labute approximate surface area is 171 Å². The topological polar surface area (TPSA) is 53.0 Å². The van der Waals surface area contributed by atoms with Gasteiger partial charge in [0.1, 0.15) is 5.60 Å². The van der Waals surface area contributed by atoms with Crippen molar-refractivity contribution in [1.82, 2.24) is 9.80 Å². The van der Waals surface area contributed by atoms with Crippen LogP contribution in [0.15, 0.2) is 22.7 Å². The molecule has 0 aliphatic carbocycles. The monoisotopic (exact) mass is 466 g/mol. The fourth-order valence-corrected chi connectivity index (χ4v) is 3.58. The summed E-state index contributed by atoms with van der Waals surface area (Å²) in [5.41, 5.74) is -1.19. The number of amides is 1. The fourth-order valence-electron chi connectivity index (χ4n) is 3.11. The molecule has 0 radical (unpaired) electrons. The number of carbonyl (C=O) groups excluding carboxylic acids is 1. The van der Waals surface area contributed by atoms with E-state index in [4.69, 9.17) is 4.74 Å². The fraction of sp³-hybridized carbons (Fsp3) is 0.632. The van der Waals surface area contributed by atoms with Gasteiger partial charge in [0, 0.05) is 36.7 Å². The summed E-state index contributed by atoms with van der Waals surface area (Å²) in [6.45, 7) is 8.90. The van der Waals surface area contributed by atoms with Crippen LogP contribution in [0.3, 0.4) is 0 Å². The van der Waals surface area contributed by atoms with E-state index in [2.05, 4.69) is 15.9 Å². The molecule has 1 aliphatic rings. The highest BCUT2D eigenvalue weighted by Crippen LogP contribution is 2.36. The van der Waals surface area contributed by atoms with E-state index < -0.39 is 23.4 Å². The first-order valence-electron chi connectivity index (χ1n) is 9.04. The molecule has 5 nitrogen and oxygen atoms in total. The molecule has 1 aliphatic heterocycles. The largest absolute Gasteiger partial charge is 0.444 e. The second-order valence-corrected chi connectivity index (χ2v) is 8.89. The molecule has 0 bridgehead atoms. The molecule has 1 amide bonds. The number of nitrogens with zero attached hydrogens (tertiary/aromatic N) is 2. The lowest BCUT2D eigenvalue weighted by Crippen LogP contribution is -2.55. The smallest absolute Gasteiger partial charge is 0.417 e. The minimum atomic E-state index is -4.50. The number of carbonyl (C=O) groups is 1. The number of hydrogen-bond acceptors (Lipinski definition) is 4. The molecular weight excluding hydrogens is 441 g/mol. The molecule has 1 aromatic rings. The zero-order valence-corrected chi connectivity index (χ0v) is 18.0. The van der Waals surface area contributed by atoms with Gasteiger partial charge in [0.2, 0.25) is 0 Å². The van der Waals surface area contributed by atoms with E-state index in [0.29, 0.717) is 19.6 Å². The van der Waals surface area contributed by atoms with Gasteiger partial charge in [0.15, 0.2) is 0 Å². The molecule has 1 heterocycles. The molecule has 0 saturated carbocycles. The van der Waals surface area contributed by atoms with E-state index in [-0.39, 0.29) is 28.7 Å². The van der Waals surface area contributed by atoms with Crippen LogP contribution in [0.2, 0.25) is 0 Å². The third-order valence-corrected chi connectivity index (χ3v) is 5.14. The van der Waals surface area contributed by atoms with E-state index in [9.17, 15) is 23.1 Å². The van der Waals surface area contributed by atoms with E-state index in [1.807, 2.05) is 11.8 Å². The van der Waals surface area contributed by atoms with Gasteiger partial charge in [0.05, 0.1) is 11.7 Å². The Hall–Kier alpha value is -1.32. The third kappa shape index (κ3) is 6.09. The Kier molecular flexibility index (Phi) is 7.04. The molecule has 0 aromatic heterocycles. The van der Waals surface area contributed by atoms with Crippen LogP contribution in [-0.4, -0.2) is 58.8 Å². The summed E-state index contributed by atoms with van der Waals surface area (Å²) < 4.78 is 44.5. The molecule has 9 heteroatoms. The van der Waals surface area contributed by atoms with Crippen LogP contribution in [-0.2, 0) is 10.9 Å². The van der Waals surface area contributed by atoms with Gasteiger partial charge in [-0.1, -0.05) is 22.0 Å². The normalized spacial score (nSPS) is 20.2. The number of ether oxygens (including phenoxy) is 1. The van der Waals surface area contributed by atoms with Crippen molar-refractivity contribution in [3.05, 3.63) is 33.8 Å². The maximum atomic E-state index is 13.1. The van der Waals surface area contributed by atoms with Gasteiger partial charge >= 0.3 is 12.3 Å². The lowest BCUT2D eigenvalue weighted by molar-refractivity contribution is -0.138. The summed E-state index contributed by atoms with van der Waals surface area (Å²) in [4.78, 5) is 15.8. The van der Waals surface area contributed by atoms with Crippen LogP contribution in [0, 0.1) is 0 Å². The Morgan fingerprint density at radius 3 is 2.50 bits per heavy atom. The van der Waals surface area contributed by atoms with Crippen LogP contribution >= 0.6 is 15.9 Å². The SMILES string of the molecule is C[C@@H]1CN(CC(O)c2ccc(Br)c(C(F)(F)F)c2)CCN1C(=O)OC(C)(C)C. The van der Waals surface area contributed by atoms with Gasteiger partial charge in [-0.2, -0.15) is 13.2 Å². The second-order valence-electron chi connectivity index (χ2n) is 8.04. The van der Waals surface area contributed by atoms with Crippen molar-refractivity contribution in [2.24, 2.45) is 0 Å². The molecule has 2 rings (SSSR count).